The van der Waals surface area contributed by atoms with E-state index in [1.165, 1.54) is 6.07 Å². The van der Waals surface area contributed by atoms with Crippen LogP contribution in [0, 0.1) is 0 Å². The number of aromatic hydroxyl groups is 1. The molecule has 0 spiro atoms. The zero-order chi connectivity index (χ0) is 13.8. The van der Waals surface area contributed by atoms with E-state index in [1.54, 1.807) is 42.5 Å². The molecule has 0 saturated carbocycles. The molecule has 0 fully saturated rings. The summed E-state index contributed by atoms with van der Waals surface area (Å²) in [4.78, 5) is 11.9. The fourth-order valence-electron chi connectivity index (χ4n) is 1.60. The van der Waals surface area contributed by atoms with Crippen LogP contribution in [0.1, 0.15) is 11.7 Å². The zero-order valence-corrected chi connectivity index (χ0v) is 11.5. The van der Waals surface area contributed by atoms with E-state index in [0.29, 0.717) is 10.0 Å². The Balaban J connectivity index is 2.13. The van der Waals surface area contributed by atoms with Gasteiger partial charge in [0.1, 0.15) is 5.75 Å². The van der Waals surface area contributed by atoms with Gasteiger partial charge in [-0.1, -0.05) is 46.3 Å². The Kier molecular flexibility index (Phi) is 4.19. The molecule has 2 aromatic carbocycles. The van der Waals surface area contributed by atoms with Gasteiger partial charge in [0, 0.05) is 4.47 Å². The third-order valence-corrected chi connectivity index (χ3v) is 3.07. The van der Waals surface area contributed by atoms with Gasteiger partial charge in [0.25, 0.3) is 5.91 Å². The number of phenolic OH excluding ortho intramolecular Hbond substituents is 1. The van der Waals surface area contributed by atoms with Crippen molar-refractivity contribution >= 4 is 27.5 Å². The highest BCUT2D eigenvalue weighted by molar-refractivity contribution is 9.10. The predicted octanol–water partition coefficient (Wildman–Crippen LogP) is 2.83. The molecule has 19 heavy (non-hydrogen) atoms. The number of aliphatic hydroxyl groups is 1. The quantitative estimate of drug-likeness (QED) is 0.761. The average Bonchev–Trinajstić information content (AvgIpc) is 2.42. The summed E-state index contributed by atoms with van der Waals surface area (Å²) in [6, 6.07) is 13.3. The number of rotatable bonds is 3. The Morgan fingerprint density at radius 1 is 1.16 bits per heavy atom. The molecule has 0 aliphatic heterocycles. The van der Waals surface area contributed by atoms with Crippen molar-refractivity contribution < 1.29 is 15.0 Å². The van der Waals surface area contributed by atoms with E-state index >= 15 is 0 Å². The minimum Gasteiger partial charge on any atom is -0.506 e. The Morgan fingerprint density at radius 3 is 2.47 bits per heavy atom. The molecule has 2 aromatic rings. The van der Waals surface area contributed by atoms with Crippen molar-refractivity contribution in [2.45, 2.75) is 6.10 Å². The largest absolute Gasteiger partial charge is 0.506 e. The van der Waals surface area contributed by atoms with Gasteiger partial charge in [0.2, 0.25) is 0 Å². The van der Waals surface area contributed by atoms with Crippen molar-refractivity contribution in [3.63, 3.8) is 0 Å². The number of phenols is 1. The summed E-state index contributed by atoms with van der Waals surface area (Å²) >= 11 is 3.21. The summed E-state index contributed by atoms with van der Waals surface area (Å²) < 4.78 is 0.701. The Hall–Kier alpha value is -1.85. The summed E-state index contributed by atoms with van der Waals surface area (Å²) in [6.45, 7) is 0. The van der Waals surface area contributed by atoms with Gasteiger partial charge in [-0.2, -0.15) is 0 Å². The van der Waals surface area contributed by atoms with Crippen LogP contribution in [0.4, 0.5) is 5.69 Å². The second-order valence-electron chi connectivity index (χ2n) is 3.96. The highest BCUT2D eigenvalue weighted by Gasteiger charge is 2.18. The third-order valence-electron chi connectivity index (χ3n) is 2.58. The van der Waals surface area contributed by atoms with Gasteiger partial charge < -0.3 is 15.5 Å². The maximum absolute atomic E-state index is 11.9. The molecule has 0 aliphatic carbocycles. The molecular formula is C14H12BrNO3. The molecule has 1 amide bonds. The number of aliphatic hydroxyl groups excluding tert-OH is 1. The Bertz CT molecular complexity index is 586. The fourth-order valence-corrected chi connectivity index (χ4v) is 1.95. The molecular weight excluding hydrogens is 310 g/mol. The summed E-state index contributed by atoms with van der Waals surface area (Å²) in [5, 5.41) is 22.0. The van der Waals surface area contributed by atoms with Gasteiger partial charge in [-0.05, 0) is 23.8 Å². The maximum atomic E-state index is 11.9. The first-order valence-electron chi connectivity index (χ1n) is 5.60. The second-order valence-corrected chi connectivity index (χ2v) is 4.88. The van der Waals surface area contributed by atoms with Gasteiger partial charge in [-0.3, -0.25) is 4.79 Å². The lowest BCUT2D eigenvalue weighted by Crippen LogP contribution is -2.20. The van der Waals surface area contributed by atoms with E-state index in [0.717, 1.165) is 0 Å². The summed E-state index contributed by atoms with van der Waals surface area (Å²) in [6.07, 6.45) is -1.27. The topological polar surface area (TPSA) is 69.6 Å². The summed E-state index contributed by atoms with van der Waals surface area (Å²) in [7, 11) is 0. The minimum absolute atomic E-state index is 0.0667. The van der Waals surface area contributed by atoms with Crippen LogP contribution < -0.4 is 5.32 Å². The Labute approximate surface area is 118 Å². The van der Waals surface area contributed by atoms with Gasteiger partial charge in [0.05, 0.1) is 5.69 Å². The number of benzene rings is 2. The number of hydrogen-bond donors (Lipinski definition) is 3. The van der Waals surface area contributed by atoms with Crippen molar-refractivity contribution in [1.82, 2.24) is 0 Å². The van der Waals surface area contributed by atoms with Crippen molar-refractivity contribution in [2.24, 2.45) is 0 Å². The van der Waals surface area contributed by atoms with E-state index in [4.69, 9.17) is 0 Å². The molecule has 0 heterocycles. The molecule has 5 heteroatoms. The van der Waals surface area contributed by atoms with E-state index < -0.39 is 12.0 Å². The number of nitrogens with one attached hydrogen (secondary N) is 1. The van der Waals surface area contributed by atoms with Crippen LogP contribution in [0.25, 0.3) is 0 Å². The fraction of sp³-hybridized carbons (Fsp3) is 0.0714. The number of carbonyl (C=O) groups excluding carboxylic acids is 1. The number of hydrogen-bond acceptors (Lipinski definition) is 3. The highest BCUT2D eigenvalue weighted by atomic mass is 79.9. The third kappa shape index (κ3) is 3.33. The number of carbonyl (C=O) groups is 1. The molecule has 0 saturated heterocycles. The van der Waals surface area contributed by atoms with Crippen molar-refractivity contribution in [1.29, 1.82) is 0 Å². The van der Waals surface area contributed by atoms with Crippen LogP contribution in [-0.2, 0) is 4.79 Å². The molecule has 0 aliphatic rings. The van der Waals surface area contributed by atoms with E-state index in [1.807, 2.05) is 0 Å². The van der Waals surface area contributed by atoms with E-state index in [2.05, 4.69) is 21.2 Å². The smallest absolute Gasteiger partial charge is 0.257 e. The van der Waals surface area contributed by atoms with Crippen LogP contribution in [0.5, 0.6) is 5.75 Å². The lowest BCUT2D eigenvalue weighted by molar-refractivity contribution is -0.124. The van der Waals surface area contributed by atoms with Crippen molar-refractivity contribution in [2.75, 3.05) is 5.32 Å². The first kappa shape index (κ1) is 13.6. The summed E-state index contributed by atoms with van der Waals surface area (Å²) in [5.74, 6) is -0.660. The molecule has 3 N–H and O–H groups in total. The molecule has 4 nitrogen and oxygen atoms in total. The molecule has 0 aromatic heterocycles. The first-order valence-corrected chi connectivity index (χ1v) is 6.39. The normalized spacial score (nSPS) is 11.9. The van der Waals surface area contributed by atoms with Gasteiger partial charge in [-0.25, -0.2) is 0 Å². The highest BCUT2D eigenvalue weighted by Crippen LogP contribution is 2.27. The standard InChI is InChI=1S/C14H12BrNO3/c15-10-6-7-11(12(17)8-10)16-14(19)13(18)9-4-2-1-3-5-9/h1-8,13,17-18H,(H,16,19). The van der Waals surface area contributed by atoms with Crippen molar-refractivity contribution in [3.8, 4) is 5.75 Å². The van der Waals surface area contributed by atoms with Crippen LogP contribution in [0.2, 0.25) is 0 Å². The predicted molar refractivity (Wildman–Crippen MR) is 75.8 cm³/mol. The molecule has 0 radical (unpaired) electrons. The van der Waals surface area contributed by atoms with Crippen LogP contribution in [-0.4, -0.2) is 16.1 Å². The number of amides is 1. The molecule has 98 valence electrons. The van der Waals surface area contributed by atoms with Crippen LogP contribution >= 0.6 is 15.9 Å². The second kappa shape index (κ2) is 5.86. The van der Waals surface area contributed by atoms with E-state index in [-0.39, 0.29) is 11.4 Å². The molecule has 0 bridgehead atoms. The first-order chi connectivity index (χ1) is 9.08. The summed E-state index contributed by atoms with van der Waals surface area (Å²) in [5.41, 5.74) is 0.750. The van der Waals surface area contributed by atoms with Crippen LogP contribution in [0.15, 0.2) is 53.0 Å². The molecule has 1 atom stereocenters. The molecule has 2 rings (SSSR count). The average molecular weight is 322 g/mol. The minimum atomic E-state index is -1.27. The molecule has 1 unspecified atom stereocenters. The van der Waals surface area contributed by atoms with E-state index in [9.17, 15) is 15.0 Å². The lowest BCUT2D eigenvalue weighted by Gasteiger charge is -2.12. The van der Waals surface area contributed by atoms with Crippen molar-refractivity contribution in [3.05, 3.63) is 58.6 Å². The Morgan fingerprint density at radius 2 is 1.84 bits per heavy atom. The van der Waals surface area contributed by atoms with Gasteiger partial charge in [0.15, 0.2) is 6.10 Å². The number of halogens is 1. The lowest BCUT2D eigenvalue weighted by atomic mass is 10.1. The SMILES string of the molecule is O=C(Nc1ccc(Br)cc1O)C(O)c1ccccc1. The monoisotopic (exact) mass is 321 g/mol. The van der Waals surface area contributed by atoms with Gasteiger partial charge in [-0.15, -0.1) is 0 Å². The zero-order valence-electron chi connectivity index (χ0n) is 9.88. The number of anilines is 1. The van der Waals surface area contributed by atoms with Gasteiger partial charge >= 0.3 is 0 Å². The maximum Gasteiger partial charge on any atom is 0.257 e. The van der Waals surface area contributed by atoms with Crippen LogP contribution in [0.3, 0.4) is 0 Å².